The maximum Gasteiger partial charge on any atom is 0.222 e. The second-order valence-corrected chi connectivity index (χ2v) is 5.98. The molecule has 0 aliphatic rings. The number of carbonyl (C=O) groups is 1. The van der Waals surface area contributed by atoms with Crippen LogP contribution >= 0.6 is 11.3 Å². The van der Waals surface area contributed by atoms with Gasteiger partial charge in [0, 0.05) is 23.5 Å². The van der Waals surface area contributed by atoms with Crippen molar-refractivity contribution in [2.75, 3.05) is 0 Å². The Balaban J connectivity index is 2.46. The summed E-state index contributed by atoms with van der Waals surface area (Å²) in [5, 5.41) is 3.86. The number of carbonyl (C=O) groups excluding carboxylic acids is 1. The van der Waals surface area contributed by atoms with E-state index in [1.165, 1.54) is 0 Å². The molecular weight excluding hydrogens is 234 g/mol. The van der Waals surface area contributed by atoms with E-state index in [0.717, 1.165) is 9.88 Å². The van der Waals surface area contributed by atoms with Gasteiger partial charge in [0.2, 0.25) is 5.91 Å². The molecule has 0 radical (unpaired) electrons. The molecule has 0 fully saturated rings. The van der Waals surface area contributed by atoms with Gasteiger partial charge in [-0.25, -0.2) is 4.98 Å². The van der Waals surface area contributed by atoms with E-state index in [1.54, 1.807) is 11.3 Å². The molecule has 1 rings (SSSR count). The van der Waals surface area contributed by atoms with Crippen molar-refractivity contribution in [2.24, 2.45) is 11.7 Å². The summed E-state index contributed by atoms with van der Waals surface area (Å²) in [6.07, 6.45) is 2.19. The molecule has 2 atom stereocenters. The fourth-order valence-corrected chi connectivity index (χ4v) is 2.16. The van der Waals surface area contributed by atoms with E-state index in [4.69, 9.17) is 5.73 Å². The van der Waals surface area contributed by atoms with Crippen molar-refractivity contribution in [3.8, 4) is 0 Å². The van der Waals surface area contributed by atoms with Crippen LogP contribution < -0.4 is 11.1 Å². The van der Waals surface area contributed by atoms with Gasteiger partial charge in [0.15, 0.2) is 0 Å². The number of nitrogens with zero attached hydrogens (tertiary/aromatic N) is 1. The second-order valence-electron chi connectivity index (χ2n) is 4.71. The third-order valence-electron chi connectivity index (χ3n) is 2.66. The first-order valence-corrected chi connectivity index (χ1v) is 6.69. The topological polar surface area (TPSA) is 68.0 Å². The van der Waals surface area contributed by atoms with Crippen molar-refractivity contribution in [3.63, 3.8) is 0 Å². The quantitative estimate of drug-likeness (QED) is 0.845. The zero-order chi connectivity index (χ0) is 13.0. The van der Waals surface area contributed by atoms with Crippen LogP contribution in [0.25, 0.3) is 0 Å². The van der Waals surface area contributed by atoms with Crippen LogP contribution in [0.2, 0.25) is 0 Å². The van der Waals surface area contributed by atoms with Gasteiger partial charge in [-0.1, -0.05) is 13.8 Å². The summed E-state index contributed by atoms with van der Waals surface area (Å²) in [6.45, 7) is 7.98. The third kappa shape index (κ3) is 4.44. The van der Waals surface area contributed by atoms with E-state index in [9.17, 15) is 4.79 Å². The van der Waals surface area contributed by atoms with Gasteiger partial charge in [0.1, 0.15) is 5.01 Å². The van der Waals surface area contributed by atoms with Crippen LogP contribution in [-0.4, -0.2) is 16.9 Å². The van der Waals surface area contributed by atoms with Crippen molar-refractivity contribution in [2.45, 2.75) is 46.2 Å². The normalized spacial score (nSPS) is 14.7. The molecule has 4 nitrogen and oxygen atoms in total. The van der Waals surface area contributed by atoms with E-state index in [1.807, 2.05) is 33.9 Å². The third-order valence-corrected chi connectivity index (χ3v) is 3.76. The Hall–Kier alpha value is -0.940. The lowest BCUT2D eigenvalue weighted by atomic mass is 10.0. The number of nitrogens with one attached hydrogen (secondary N) is 1. The van der Waals surface area contributed by atoms with Crippen LogP contribution in [-0.2, 0) is 4.79 Å². The Kier molecular flexibility index (Phi) is 5.08. The predicted molar refractivity (Wildman–Crippen MR) is 70.8 cm³/mol. The number of aromatic nitrogens is 1. The molecule has 0 spiro atoms. The maximum atomic E-state index is 11.7. The first-order valence-electron chi connectivity index (χ1n) is 5.87. The highest BCUT2D eigenvalue weighted by Gasteiger charge is 2.16. The average molecular weight is 255 g/mol. The Morgan fingerprint density at radius 3 is 2.65 bits per heavy atom. The molecule has 5 heteroatoms. The second kappa shape index (κ2) is 6.12. The van der Waals surface area contributed by atoms with Crippen molar-refractivity contribution in [3.05, 3.63) is 16.1 Å². The zero-order valence-corrected chi connectivity index (χ0v) is 11.7. The Morgan fingerprint density at radius 1 is 1.53 bits per heavy atom. The molecule has 0 aliphatic carbocycles. The van der Waals surface area contributed by atoms with Gasteiger partial charge in [0.05, 0.1) is 6.04 Å². The van der Waals surface area contributed by atoms with Crippen molar-refractivity contribution in [1.29, 1.82) is 0 Å². The molecule has 0 saturated carbocycles. The lowest BCUT2D eigenvalue weighted by Gasteiger charge is -2.17. The standard InChI is InChI=1S/C12H21N3OS/c1-7(2)10(13)5-11(16)15-9(4)12-14-6-8(3)17-12/h6-7,9-10H,5,13H2,1-4H3,(H,15,16). The van der Waals surface area contributed by atoms with Gasteiger partial charge in [-0.2, -0.15) is 0 Å². The van der Waals surface area contributed by atoms with Crippen LogP contribution in [0.15, 0.2) is 6.20 Å². The lowest BCUT2D eigenvalue weighted by molar-refractivity contribution is -0.122. The summed E-state index contributed by atoms with van der Waals surface area (Å²) in [7, 11) is 0. The number of hydrogen-bond donors (Lipinski definition) is 2. The van der Waals surface area contributed by atoms with Gasteiger partial charge < -0.3 is 11.1 Å². The van der Waals surface area contributed by atoms with E-state index in [2.05, 4.69) is 10.3 Å². The molecule has 1 aromatic heterocycles. The highest BCUT2D eigenvalue weighted by atomic mass is 32.1. The fraction of sp³-hybridized carbons (Fsp3) is 0.667. The van der Waals surface area contributed by atoms with Crippen molar-refractivity contribution in [1.82, 2.24) is 10.3 Å². The van der Waals surface area contributed by atoms with Gasteiger partial charge in [-0.15, -0.1) is 11.3 Å². The molecule has 0 bridgehead atoms. The highest BCUT2D eigenvalue weighted by molar-refractivity contribution is 7.11. The molecule has 17 heavy (non-hydrogen) atoms. The Bertz CT molecular complexity index is 376. The molecule has 3 N–H and O–H groups in total. The smallest absolute Gasteiger partial charge is 0.222 e. The first kappa shape index (κ1) is 14.1. The van der Waals surface area contributed by atoms with Gasteiger partial charge >= 0.3 is 0 Å². The molecule has 0 aromatic carbocycles. The van der Waals surface area contributed by atoms with Crippen LogP contribution in [0, 0.1) is 12.8 Å². The minimum absolute atomic E-state index is 0.00782. The molecule has 96 valence electrons. The zero-order valence-electron chi connectivity index (χ0n) is 10.9. The minimum atomic E-state index is -0.0831. The van der Waals surface area contributed by atoms with E-state index in [0.29, 0.717) is 12.3 Å². The van der Waals surface area contributed by atoms with Crippen LogP contribution in [0.1, 0.15) is 43.1 Å². The van der Waals surface area contributed by atoms with E-state index in [-0.39, 0.29) is 18.0 Å². The summed E-state index contributed by atoms with van der Waals surface area (Å²) in [6, 6.07) is -0.124. The van der Waals surface area contributed by atoms with Crippen LogP contribution in [0.4, 0.5) is 0 Å². The van der Waals surface area contributed by atoms with Crippen molar-refractivity contribution < 1.29 is 4.79 Å². The number of nitrogens with two attached hydrogens (primary N) is 1. The van der Waals surface area contributed by atoms with Gasteiger partial charge in [-0.05, 0) is 19.8 Å². The first-order chi connectivity index (χ1) is 7.90. The molecule has 1 amide bonds. The number of hydrogen-bond acceptors (Lipinski definition) is 4. The number of amides is 1. The average Bonchev–Trinajstić information content (AvgIpc) is 2.64. The number of aryl methyl sites for hydroxylation is 1. The molecule has 0 aliphatic heterocycles. The van der Waals surface area contributed by atoms with E-state index >= 15 is 0 Å². The van der Waals surface area contributed by atoms with Crippen LogP contribution in [0.3, 0.4) is 0 Å². The van der Waals surface area contributed by atoms with Gasteiger partial charge in [-0.3, -0.25) is 4.79 Å². The summed E-state index contributed by atoms with van der Waals surface area (Å²) in [4.78, 5) is 17.1. The minimum Gasteiger partial charge on any atom is -0.347 e. The van der Waals surface area contributed by atoms with Gasteiger partial charge in [0.25, 0.3) is 0 Å². The SMILES string of the molecule is Cc1cnc(C(C)NC(=O)CC(N)C(C)C)s1. The largest absolute Gasteiger partial charge is 0.347 e. The molecule has 0 saturated heterocycles. The van der Waals surface area contributed by atoms with E-state index < -0.39 is 0 Å². The fourth-order valence-electron chi connectivity index (χ4n) is 1.38. The lowest BCUT2D eigenvalue weighted by Crippen LogP contribution is -2.35. The maximum absolute atomic E-state index is 11.7. The molecule has 2 unspecified atom stereocenters. The highest BCUT2D eigenvalue weighted by Crippen LogP contribution is 2.19. The molecular formula is C12H21N3OS. The summed E-state index contributed by atoms with van der Waals surface area (Å²) >= 11 is 1.61. The molecule has 1 aromatic rings. The number of thiazole rings is 1. The summed E-state index contributed by atoms with van der Waals surface area (Å²) in [5.41, 5.74) is 5.86. The Morgan fingerprint density at radius 2 is 2.18 bits per heavy atom. The summed E-state index contributed by atoms with van der Waals surface area (Å²) in [5.74, 6) is 0.310. The predicted octanol–water partition coefficient (Wildman–Crippen LogP) is 2.00. The van der Waals surface area contributed by atoms with Crippen molar-refractivity contribution >= 4 is 17.2 Å². The number of rotatable bonds is 5. The monoisotopic (exact) mass is 255 g/mol. The van der Waals surface area contributed by atoms with Crippen LogP contribution in [0.5, 0.6) is 0 Å². The molecule has 1 heterocycles. The summed E-state index contributed by atoms with van der Waals surface area (Å²) < 4.78 is 0. The Labute approximate surface area is 107 Å².